The van der Waals surface area contributed by atoms with Gasteiger partial charge >= 0.3 is 0 Å². The second kappa shape index (κ2) is 5.52. The average molecular weight is 274 g/mol. The lowest BCUT2D eigenvalue weighted by Crippen LogP contribution is -2.45. The summed E-state index contributed by atoms with van der Waals surface area (Å²) in [4.78, 5) is 15.8. The fourth-order valence-corrected chi connectivity index (χ4v) is 3.00. The summed E-state index contributed by atoms with van der Waals surface area (Å²) in [5.41, 5.74) is 9.58. The van der Waals surface area contributed by atoms with E-state index in [0.29, 0.717) is 6.42 Å². The molecule has 3 N–H and O–H groups in total. The summed E-state index contributed by atoms with van der Waals surface area (Å²) in [6.07, 6.45) is 0.500. The number of hydrogen-bond donors (Lipinski definition) is 2. The van der Waals surface area contributed by atoms with Crippen LogP contribution in [0.2, 0.25) is 0 Å². The number of fused-ring (bicyclic) bond motifs is 1. The number of hydrogen-bond acceptors (Lipinski definition) is 4. The van der Waals surface area contributed by atoms with Gasteiger partial charge in [0.25, 0.3) is 0 Å². The molecular weight excluding hydrogens is 252 g/mol. The van der Waals surface area contributed by atoms with Crippen molar-refractivity contribution in [2.75, 3.05) is 44.7 Å². The second-order valence-corrected chi connectivity index (χ2v) is 5.67. The number of nitrogens with one attached hydrogen (secondary N) is 1. The zero-order chi connectivity index (χ0) is 14.1. The molecule has 0 aliphatic carbocycles. The van der Waals surface area contributed by atoms with Crippen molar-refractivity contribution in [1.82, 2.24) is 10.2 Å². The first-order chi connectivity index (χ1) is 9.65. The van der Waals surface area contributed by atoms with Gasteiger partial charge in [-0.2, -0.15) is 0 Å². The van der Waals surface area contributed by atoms with E-state index in [4.69, 9.17) is 5.73 Å². The van der Waals surface area contributed by atoms with Crippen LogP contribution in [0.4, 0.5) is 5.69 Å². The molecular formula is C15H22N4O. The molecule has 0 saturated carbocycles. The number of carbonyl (C=O) groups excluding carboxylic acids is 1. The monoisotopic (exact) mass is 274 g/mol. The van der Waals surface area contributed by atoms with Crippen LogP contribution in [0.15, 0.2) is 18.2 Å². The first kappa shape index (κ1) is 13.5. The quantitative estimate of drug-likeness (QED) is 0.821. The van der Waals surface area contributed by atoms with Gasteiger partial charge in [-0.3, -0.25) is 9.69 Å². The Morgan fingerprint density at radius 3 is 2.85 bits per heavy atom. The van der Waals surface area contributed by atoms with E-state index < -0.39 is 0 Å². The topological polar surface area (TPSA) is 61.6 Å². The molecule has 108 valence electrons. The van der Waals surface area contributed by atoms with E-state index >= 15 is 0 Å². The van der Waals surface area contributed by atoms with Crippen molar-refractivity contribution in [2.24, 2.45) is 5.73 Å². The number of nitrogens with zero attached hydrogens (tertiary/aromatic N) is 2. The number of anilines is 1. The maximum absolute atomic E-state index is 11.7. The van der Waals surface area contributed by atoms with Gasteiger partial charge in [0, 0.05) is 51.5 Å². The van der Waals surface area contributed by atoms with Crippen molar-refractivity contribution in [3.05, 3.63) is 29.3 Å². The number of piperazine rings is 1. The van der Waals surface area contributed by atoms with E-state index in [9.17, 15) is 4.79 Å². The second-order valence-electron chi connectivity index (χ2n) is 5.67. The van der Waals surface area contributed by atoms with Gasteiger partial charge in [-0.15, -0.1) is 0 Å². The molecule has 1 aromatic rings. The Morgan fingerprint density at radius 1 is 1.35 bits per heavy atom. The van der Waals surface area contributed by atoms with E-state index in [1.165, 1.54) is 0 Å². The summed E-state index contributed by atoms with van der Waals surface area (Å²) < 4.78 is 0. The third-order valence-electron chi connectivity index (χ3n) is 4.27. The molecule has 1 unspecified atom stereocenters. The lowest BCUT2D eigenvalue weighted by atomic mass is 10.0. The summed E-state index contributed by atoms with van der Waals surface area (Å²) in [7, 11) is 1.83. The Balaban J connectivity index is 1.71. The highest BCUT2D eigenvalue weighted by Crippen LogP contribution is 2.29. The van der Waals surface area contributed by atoms with Gasteiger partial charge in [0.2, 0.25) is 5.91 Å². The number of rotatable bonds is 3. The number of likely N-dealkylation sites (N-methyl/N-ethyl adjacent to an activating group) is 1. The fourth-order valence-electron chi connectivity index (χ4n) is 3.00. The van der Waals surface area contributed by atoms with Gasteiger partial charge in [0.15, 0.2) is 0 Å². The van der Waals surface area contributed by atoms with Crippen LogP contribution in [-0.2, 0) is 11.2 Å². The first-order valence-electron chi connectivity index (χ1n) is 7.23. The molecule has 0 radical (unpaired) electrons. The third-order valence-corrected chi connectivity index (χ3v) is 4.27. The van der Waals surface area contributed by atoms with Crippen LogP contribution in [-0.4, -0.2) is 50.6 Å². The van der Waals surface area contributed by atoms with Crippen molar-refractivity contribution in [1.29, 1.82) is 0 Å². The predicted octanol–water partition coefficient (Wildman–Crippen LogP) is 0.111. The Kier molecular flexibility index (Phi) is 3.74. The maximum atomic E-state index is 11.7. The van der Waals surface area contributed by atoms with Gasteiger partial charge in [0.05, 0.1) is 6.42 Å². The van der Waals surface area contributed by atoms with E-state index in [-0.39, 0.29) is 11.9 Å². The molecule has 1 saturated heterocycles. The molecule has 1 aromatic carbocycles. The zero-order valence-electron chi connectivity index (χ0n) is 11.9. The number of amides is 1. The molecule has 0 aromatic heterocycles. The summed E-state index contributed by atoms with van der Waals surface area (Å²) in [6, 6.07) is 6.19. The van der Waals surface area contributed by atoms with Crippen molar-refractivity contribution < 1.29 is 4.79 Å². The molecule has 3 rings (SSSR count). The third kappa shape index (κ3) is 2.57. The van der Waals surface area contributed by atoms with Crippen LogP contribution >= 0.6 is 0 Å². The number of nitrogens with two attached hydrogens (primary N) is 1. The predicted molar refractivity (Wildman–Crippen MR) is 79.8 cm³/mol. The number of benzene rings is 1. The van der Waals surface area contributed by atoms with Gasteiger partial charge in [-0.25, -0.2) is 0 Å². The molecule has 0 bridgehead atoms. The average Bonchev–Trinajstić information content (AvgIpc) is 2.74. The first-order valence-corrected chi connectivity index (χ1v) is 7.23. The molecule has 2 aliphatic heterocycles. The van der Waals surface area contributed by atoms with E-state index in [2.05, 4.69) is 22.3 Å². The largest absolute Gasteiger partial charge is 0.323 e. The van der Waals surface area contributed by atoms with Crippen LogP contribution in [0, 0.1) is 0 Å². The minimum Gasteiger partial charge on any atom is -0.323 e. The van der Waals surface area contributed by atoms with Crippen molar-refractivity contribution in [3.63, 3.8) is 0 Å². The SMILES string of the molecule is CN1C(=O)Cc2cc(C(N)CN3CCNCC3)ccc21. The number of carbonyl (C=O) groups is 1. The normalized spacial score (nSPS) is 21.1. The Morgan fingerprint density at radius 2 is 2.10 bits per heavy atom. The molecule has 1 amide bonds. The highest BCUT2D eigenvalue weighted by atomic mass is 16.2. The Hall–Kier alpha value is -1.43. The smallest absolute Gasteiger partial charge is 0.231 e. The van der Waals surface area contributed by atoms with Crippen molar-refractivity contribution >= 4 is 11.6 Å². The van der Waals surface area contributed by atoms with Crippen LogP contribution in [0.5, 0.6) is 0 Å². The molecule has 1 fully saturated rings. The van der Waals surface area contributed by atoms with Crippen LogP contribution in [0.1, 0.15) is 17.2 Å². The zero-order valence-corrected chi connectivity index (χ0v) is 11.9. The molecule has 1 atom stereocenters. The van der Waals surface area contributed by atoms with Gasteiger partial charge in [0.1, 0.15) is 0 Å². The molecule has 5 heteroatoms. The highest BCUT2D eigenvalue weighted by Gasteiger charge is 2.25. The highest BCUT2D eigenvalue weighted by molar-refractivity contribution is 6.00. The minimum atomic E-state index is 0.0133. The molecule has 2 aliphatic rings. The summed E-state index contributed by atoms with van der Waals surface area (Å²) in [5, 5.41) is 3.35. The summed E-state index contributed by atoms with van der Waals surface area (Å²) in [5.74, 6) is 0.160. The standard InChI is InChI=1S/C15H22N4O/c1-18-14-3-2-11(8-12(14)9-15(18)20)13(16)10-19-6-4-17-5-7-19/h2-3,8,13,17H,4-7,9-10,16H2,1H3. The van der Waals surface area contributed by atoms with Gasteiger partial charge in [-0.1, -0.05) is 12.1 Å². The van der Waals surface area contributed by atoms with E-state index in [0.717, 1.165) is 49.5 Å². The molecule has 20 heavy (non-hydrogen) atoms. The van der Waals surface area contributed by atoms with Crippen LogP contribution in [0.3, 0.4) is 0 Å². The van der Waals surface area contributed by atoms with E-state index in [1.807, 2.05) is 13.1 Å². The lowest BCUT2D eigenvalue weighted by Gasteiger charge is -2.29. The maximum Gasteiger partial charge on any atom is 0.231 e. The van der Waals surface area contributed by atoms with Gasteiger partial charge in [-0.05, 0) is 17.2 Å². The minimum absolute atomic E-state index is 0.0133. The van der Waals surface area contributed by atoms with Gasteiger partial charge < -0.3 is 16.0 Å². The van der Waals surface area contributed by atoms with Crippen molar-refractivity contribution in [2.45, 2.75) is 12.5 Å². The molecule has 2 heterocycles. The summed E-state index contributed by atoms with van der Waals surface area (Å²) >= 11 is 0. The fraction of sp³-hybridized carbons (Fsp3) is 0.533. The van der Waals surface area contributed by atoms with Crippen LogP contribution in [0.25, 0.3) is 0 Å². The van der Waals surface area contributed by atoms with Crippen molar-refractivity contribution in [3.8, 4) is 0 Å². The molecule has 0 spiro atoms. The lowest BCUT2D eigenvalue weighted by molar-refractivity contribution is -0.117. The molecule has 5 nitrogen and oxygen atoms in total. The summed E-state index contributed by atoms with van der Waals surface area (Å²) in [6.45, 7) is 5.07. The Labute approximate surface area is 119 Å². The van der Waals surface area contributed by atoms with Crippen LogP contribution < -0.4 is 16.0 Å². The Bertz CT molecular complexity index is 511. The van der Waals surface area contributed by atoms with E-state index in [1.54, 1.807) is 4.90 Å².